The number of fused-ring (bicyclic) bond motifs is 1. The molecule has 2 aliphatic rings. The number of thioether (sulfide) groups is 1. The molecule has 1 aliphatic carbocycles. The molecule has 4 nitrogen and oxygen atoms in total. The summed E-state index contributed by atoms with van der Waals surface area (Å²) in [6.45, 7) is 0. The first-order chi connectivity index (χ1) is 11.1. The van der Waals surface area contributed by atoms with Gasteiger partial charge in [0.25, 0.3) is 0 Å². The van der Waals surface area contributed by atoms with E-state index in [0.717, 1.165) is 16.9 Å². The molecule has 0 fully saturated rings. The molecule has 23 heavy (non-hydrogen) atoms. The maximum atomic E-state index is 9.78. The van der Waals surface area contributed by atoms with Crippen LogP contribution in [0.3, 0.4) is 0 Å². The second-order valence-corrected chi connectivity index (χ2v) is 6.99. The smallest absolute Gasteiger partial charge is 0.192 e. The maximum Gasteiger partial charge on any atom is 0.192 e. The highest BCUT2D eigenvalue weighted by Gasteiger charge is 2.54. The minimum absolute atomic E-state index is 0.0509. The van der Waals surface area contributed by atoms with Crippen molar-refractivity contribution in [3.8, 4) is 18.2 Å². The fourth-order valence-electron chi connectivity index (χ4n) is 3.22. The van der Waals surface area contributed by atoms with E-state index >= 15 is 0 Å². The van der Waals surface area contributed by atoms with E-state index in [4.69, 9.17) is 17.3 Å². The Balaban J connectivity index is 2.29. The summed E-state index contributed by atoms with van der Waals surface area (Å²) in [4.78, 5) is 0. The molecule has 3 rings (SSSR count). The van der Waals surface area contributed by atoms with E-state index in [9.17, 15) is 15.8 Å². The molecule has 0 spiro atoms. The second-order valence-electron chi connectivity index (χ2n) is 5.37. The van der Waals surface area contributed by atoms with E-state index in [-0.39, 0.29) is 16.5 Å². The van der Waals surface area contributed by atoms with Gasteiger partial charge < -0.3 is 5.73 Å². The fraction of sp³-hybridized carbons (Fsp3) is 0.235. The average molecular weight is 339 g/mol. The van der Waals surface area contributed by atoms with E-state index in [1.807, 2.05) is 18.2 Å². The van der Waals surface area contributed by atoms with Gasteiger partial charge in [-0.3, -0.25) is 0 Å². The molecule has 1 aromatic rings. The first kappa shape index (κ1) is 15.5. The molecule has 0 saturated carbocycles. The maximum absolute atomic E-state index is 9.78. The van der Waals surface area contributed by atoms with E-state index in [2.05, 4.69) is 18.2 Å². The van der Waals surface area contributed by atoms with Crippen LogP contribution in [0.25, 0.3) is 0 Å². The van der Waals surface area contributed by atoms with Crippen molar-refractivity contribution in [1.82, 2.24) is 0 Å². The van der Waals surface area contributed by atoms with Crippen LogP contribution in [0.1, 0.15) is 11.5 Å². The molecule has 0 bridgehead atoms. The van der Waals surface area contributed by atoms with Crippen molar-refractivity contribution in [1.29, 1.82) is 15.8 Å². The summed E-state index contributed by atoms with van der Waals surface area (Å²) in [6.07, 6.45) is 1.96. The van der Waals surface area contributed by atoms with Gasteiger partial charge in [0, 0.05) is 21.9 Å². The van der Waals surface area contributed by atoms with Gasteiger partial charge in [0.1, 0.15) is 6.07 Å². The van der Waals surface area contributed by atoms with Gasteiger partial charge in [-0.1, -0.05) is 29.8 Å². The van der Waals surface area contributed by atoms with Crippen LogP contribution in [-0.2, 0) is 0 Å². The van der Waals surface area contributed by atoms with Crippen LogP contribution < -0.4 is 5.73 Å². The molecule has 1 heterocycles. The largest absolute Gasteiger partial charge is 0.399 e. The first-order valence-electron chi connectivity index (χ1n) is 6.89. The van der Waals surface area contributed by atoms with Crippen molar-refractivity contribution in [3.05, 3.63) is 57.8 Å². The van der Waals surface area contributed by atoms with Crippen molar-refractivity contribution in [2.24, 2.45) is 11.1 Å². The number of allylic oxidation sites excluding steroid dienone is 2. The SMILES string of the molecule is N#CC1=C(N)C(C#N)(C#N)[C@H](c2ccc(Cl)cc2)[C@H]2SCC=C12. The monoisotopic (exact) mass is 338 g/mol. The summed E-state index contributed by atoms with van der Waals surface area (Å²) in [5, 5.41) is 29.5. The normalized spacial score (nSPS) is 24.9. The number of nitrogens with two attached hydrogens (primary N) is 1. The highest BCUT2D eigenvalue weighted by Crippen LogP contribution is 2.55. The summed E-state index contributed by atoms with van der Waals surface area (Å²) in [5.41, 5.74) is 6.56. The van der Waals surface area contributed by atoms with Crippen molar-refractivity contribution in [3.63, 3.8) is 0 Å². The summed E-state index contributed by atoms with van der Waals surface area (Å²) in [6, 6.07) is 13.4. The van der Waals surface area contributed by atoms with E-state index < -0.39 is 11.3 Å². The third kappa shape index (κ3) is 2.12. The average Bonchev–Trinajstić information content (AvgIpc) is 3.04. The van der Waals surface area contributed by atoms with Crippen LogP contribution in [-0.4, -0.2) is 11.0 Å². The van der Waals surface area contributed by atoms with Gasteiger partial charge in [0.05, 0.1) is 23.4 Å². The Hall–Kier alpha value is -2.39. The minimum atomic E-state index is -1.56. The van der Waals surface area contributed by atoms with Gasteiger partial charge in [0.2, 0.25) is 0 Å². The topological polar surface area (TPSA) is 97.4 Å². The standard InChI is InChI=1S/C17H11ClN4S/c18-11-3-1-10(2-4-11)14-15-12(5-6-23-15)13(7-19)16(22)17(14,8-20)9-21/h1-5,14-15H,6,22H2/t14-,15+/m1/s1. The van der Waals surface area contributed by atoms with Gasteiger partial charge in [-0.25, -0.2) is 0 Å². The predicted molar refractivity (Wildman–Crippen MR) is 89.0 cm³/mol. The fourth-order valence-corrected chi connectivity index (χ4v) is 4.78. The highest BCUT2D eigenvalue weighted by molar-refractivity contribution is 8.00. The Labute approximate surface area is 143 Å². The van der Waals surface area contributed by atoms with E-state index in [1.54, 1.807) is 23.9 Å². The van der Waals surface area contributed by atoms with E-state index in [1.165, 1.54) is 0 Å². The minimum Gasteiger partial charge on any atom is -0.399 e. The molecule has 6 heteroatoms. The molecular weight excluding hydrogens is 328 g/mol. The molecule has 0 amide bonds. The molecule has 2 N–H and O–H groups in total. The molecule has 0 radical (unpaired) electrons. The number of nitrogens with zero attached hydrogens (tertiary/aromatic N) is 3. The summed E-state index contributed by atoms with van der Waals surface area (Å²) >= 11 is 7.57. The molecule has 2 atom stereocenters. The van der Waals surface area contributed by atoms with Crippen molar-refractivity contribution >= 4 is 23.4 Å². The van der Waals surface area contributed by atoms with Crippen molar-refractivity contribution in [2.75, 3.05) is 5.75 Å². The van der Waals surface area contributed by atoms with E-state index in [0.29, 0.717) is 5.02 Å². The van der Waals surface area contributed by atoms with Crippen LogP contribution in [0.4, 0.5) is 0 Å². The lowest BCUT2D eigenvalue weighted by Gasteiger charge is -2.39. The summed E-state index contributed by atoms with van der Waals surface area (Å²) < 4.78 is 0. The van der Waals surface area contributed by atoms with Crippen LogP contribution >= 0.6 is 23.4 Å². The molecule has 0 aromatic heterocycles. The lowest BCUT2D eigenvalue weighted by Crippen LogP contribution is -2.42. The summed E-state index contributed by atoms with van der Waals surface area (Å²) in [5.74, 6) is 0.292. The number of hydrogen-bond donors (Lipinski definition) is 1. The van der Waals surface area contributed by atoms with Gasteiger partial charge in [-0.15, -0.1) is 11.8 Å². The first-order valence-corrected chi connectivity index (χ1v) is 8.32. The molecule has 0 unspecified atom stereocenters. The Morgan fingerprint density at radius 3 is 2.39 bits per heavy atom. The zero-order valence-electron chi connectivity index (χ0n) is 12.0. The highest BCUT2D eigenvalue weighted by atomic mass is 35.5. The Kier molecular flexibility index (Phi) is 3.82. The predicted octanol–water partition coefficient (Wildman–Crippen LogP) is 3.25. The number of rotatable bonds is 1. The van der Waals surface area contributed by atoms with Crippen LogP contribution in [0.15, 0.2) is 47.2 Å². The van der Waals surface area contributed by atoms with Crippen LogP contribution in [0, 0.1) is 39.4 Å². The molecule has 0 saturated heterocycles. The Morgan fingerprint density at radius 2 is 1.83 bits per heavy atom. The number of hydrogen-bond acceptors (Lipinski definition) is 5. The number of benzene rings is 1. The number of halogens is 1. The zero-order valence-corrected chi connectivity index (χ0v) is 13.5. The summed E-state index contributed by atoms with van der Waals surface area (Å²) in [7, 11) is 0. The Morgan fingerprint density at radius 1 is 1.17 bits per heavy atom. The molecular formula is C17H11ClN4S. The Bertz CT molecular complexity index is 835. The number of nitriles is 3. The molecule has 1 aliphatic heterocycles. The van der Waals surface area contributed by atoms with Gasteiger partial charge in [-0.2, -0.15) is 15.8 Å². The lowest BCUT2D eigenvalue weighted by molar-refractivity contribution is 0.457. The molecule has 112 valence electrons. The third-order valence-corrected chi connectivity index (χ3v) is 5.83. The zero-order chi connectivity index (χ0) is 16.6. The third-order valence-electron chi connectivity index (χ3n) is 4.33. The van der Waals surface area contributed by atoms with Gasteiger partial charge >= 0.3 is 0 Å². The quantitative estimate of drug-likeness (QED) is 0.847. The van der Waals surface area contributed by atoms with Gasteiger partial charge in [-0.05, 0) is 23.3 Å². The lowest BCUT2D eigenvalue weighted by atomic mass is 9.63. The van der Waals surface area contributed by atoms with Gasteiger partial charge in [0.15, 0.2) is 5.41 Å². The van der Waals surface area contributed by atoms with Crippen molar-refractivity contribution < 1.29 is 0 Å². The van der Waals surface area contributed by atoms with Crippen LogP contribution in [0.5, 0.6) is 0 Å². The van der Waals surface area contributed by atoms with Crippen molar-refractivity contribution in [2.45, 2.75) is 11.2 Å². The second kappa shape index (κ2) is 5.67. The molecule has 1 aromatic carbocycles. The van der Waals surface area contributed by atoms with Crippen LogP contribution in [0.2, 0.25) is 5.02 Å².